The van der Waals surface area contributed by atoms with E-state index >= 15 is 0 Å². The molecule has 2 N–H and O–H groups in total. The topological polar surface area (TPSA) is 75.1 Å². The van der Waals surface area contributed by atoms with Crippen LogP contribution in [-0.4, -0.2) is 38.9 Å². The Balaban J connectivity index is 2.81. The van der Waals surface area contributed by atoms with Crippen LogP contribution >= 0.6 is 11.8 Å². The SMILES string of the molecule is CNC(C)(CC(C)Sc1nc(C)c(C)c(C)n1)C(=O)O. The number of carboxylic acids is 1. The summed E-state index contributed by atoms with van der Waals surface area (Å²) >= 11 is 1.51. The maximum atomic E-state index is 11.3. The summed E-state index contributed by atoms with van der Waals surface area (Å²) in [6.45, 7) is 9.63. The van der Waals surface area contributed by atoms with Gasteiger partial charge in [0, 0.05) is 16.6 Å². The summed E-state index contributed by atoms with van der Waals surface area (Å²) in [4.78, 5) is 20.2. The van der Waals surface area contributed by atoms with Gasteiger partial charge in [0.05, 0.1) is 0 Å². The third-order valence-corrected chi connectivity index (χ3v) is 4.60. The van der Waals surface area contributed by atoms with Crippen LogP contribution in [-0.2, 0) is 4.79 Å². The Morgan fingerprint density at radius 3 is 2.25 bits per heavy atom. The fourth-order valence-corrected chi connectivity index (χ4v) is 3.04. The van der Waals surface area contributed by atoms with Gasteiger partial charge < -0.3 is 10.4 Å². The minimum absolute atomic E-state index is 0.102. The van der Waals surface area contributed by atoms with Crippen molar-refractivity contribution in [2.75, 3.05) is 7.05 Å². The van der Waals surface area contributed by atoms with Crippen molar-refractivity contribution in [2.24, 2.45) is 0 Å². The summed E-state index contributed by atoms with van der Waals surface area (Å²) in [6.07, 6.45) is 0.499. The second-order valence-corrected chi connectivity index (χ2v) is 6.73. The molecule has 0 amide bonds. The molecule has 20 heavy (non-hydrogen) atoms. The van der Waals surface area contributed by atoms with Crippen molar-refractivity contribution in [3.63, 3.8) is 0 Å². The number of thioether (sulfide) groups is 1. The number of nitrogens with one attached hydrogen (secondary N) is 1. The largest absolute Gasteiger partial charge is 0.480 e. The predicted molar refractivity (Wildman–Crippen MR) is 81.3 cm³/mol. The number of aliphatic carboxylic acids is 1. The smallest absolute Gasteiger partial charge is 0.323 e. The van der Waals surface area contributed by atoms with E-state index in [1.807, 2.05) is 27.7 Å². The summed E-state index contributed by atoms with van der Waals surface area (Å²) in [5.41, 5.74) is 2.12. The van der Waals surface area contributed by atoms with Gasteiger partial charge in [0.15, 0.2) is 5.16 Å². The quantitative estimate of drug-likeness (QED) is 0.620. The van der Waals surface area contributed by atoms with E-state index in [0.717, 1.165) is 17.0 Å². The lowest BCUT2D eigenvalue weighted by molar-refractivity contribution is -0.144. The first-order valence-corrected chi connectivity index (χ1v) is 7.48. The molecule has 0 bridgehead atoms. The summed E-state index contributed by atoms with van der Waals surface area (Å²) in [5, 5.41) is 13.0. The van der Waals surface area contributed by atoms with Crippen molar-refractivity contribution in [2.45, 2.75) is 57.0 Å². The van der Waals surface area contributed by atoms with Crippen molar-refractivity contribution in [3.05, 3.63) is 17.0 Å². The highest BCUT2D eigenvalue weighted by Gasteiger charge is 2.33. The lowest BCUT2D eigenvalue weighted by Crippen LogP contribution is -2.49. The van der Waals surface area contributed by atoms with Crippen LogP contribution in [0.3, 0.4) is 0 Å². The number of aromatic nitrogens is 2. The van der Waals surface area contributed by atoms with E-state index in [-0.39, 0.29) is 5.25 Å². The predicted octanol–water partition coefficient (Wildman–Crippen LogP) is 2.34. The van der Waals surface area contributed by atoms with Gasteiger partial charge in [0.1, 0.15) is 5.54 Å². The fourth-order valence-electron chi connectivity index (χ4n) is 1.89. The Labute approximate surface area is 124 Å². The molecule has 1 heterocycles. The number of hydrogen-bond acceptors (Lipinski definition) is 5. The first-order chi connectivity index (χ1) is 9.19. The number of carboxylic acid groups (broad SMARTS) is 1. The Bertz CT molecular complexity index is 484. The molecule has 1 aromatic rings. The molecule has 0 aliphatic heterocycles. The average molecular weight is 297 g/mol. The van der Waals surface area contributed by atoms with Gasteiger partial charge in [-0.2, -0.15) is 0 Å². The summed E-state index contributed by atoms with van der Waals surface area (Å²) in [7, 11) is 1.67. The van der Waals surface area contributed by atoms with Gasteiger partial charge >= 0.3 is 5.97 Å². The molecule has 0 spiro atoms. The molecule has 0 fully saturated rings. The number of aryl methyl sites for hydroxylation is 2. The van der Waals surface area contributed by atoms with E-state index in [1.54, 1.807) is 14.0 Å². The number of carbonyl (C=O) groups is 1. The third kappa shape index (κ3) is 3.93. The van der Waals surface area contributed by atoms with Crippen LogP contribution in [0.1, 0.15) is 37.2 Å². The number of likely N-dealkylation sites (N-methyl/N-ethyl adjacent to an activating group) is 1. The standard InChI is InChI=1S/C14H23N3O2S/c1-8(7-14(5,15-6)12(18)19)20-13-16-10(3)9(2)11(4)17-13/h8,15H,7H2,1-6H3,(H,18,19). The van der Waals surface area contributed by atoms with Crippen LogP contribution in [0.4, 0.5) is 0 Å². The van der Waals surface area contributed by atoms with Gasteiger partial charge in [-0.3, -0.25) is 4.79 Å². The number of nitrogens with zero attached hydrogens (tertiary/aromatic N) is 2. The van der Waals surface area contributed by atoms with E-state index < -0.39 is 11.5 Å². The minimum Gasteiger partial charge on any atom is -0.480 e. The average Bonchev–Trinajstić information content (AvgIpc) is 2.35. The summed E-state index contributed by atoms with van der Waals surface area (Å²) < 4.78 is 0. The van der Waals surface area contributed by atoms with Crippen LogP contribution in [0.2, 0.25) is 0 Å². The Hall–Kier alpha value is -1.14. The Kier molecular flexibility index (Phi) is 5.53. The van der Waals surface area contributed by atoms with Gasteiger partial charge in [0.2, 0.25) is 0 Å². The normalized spacial score (nSPS) is 15.7. The van der Waals surface area contributed by atoms with Crippen LogP contribution in [0, 0.1) is 20.8 Å². The van der Waals surface area contributed by atoms with E-state index in [2.05, 4.69) is 15.3 Å². The van der Waals surface area contributed by atoms with Gasteiger partial charge in [-0.1, -0.05) is 18.7 Å². The van der Waals surface area contributed by atoms with Crippen LogP contribution in [0.15, 0.2) is 5.16 Å². The Morgan fingerprint density at radius 2 is 1.85 bits per heavy atom. The van der Waals surface area contributed by atoms with Gasteiger partial charge in [-0.15, -0.1) is 0 Å². The molecule has 0 saturated carbocycles. The zero-order valence-corrected chi connectivity index (χ0v) is 13.8. The maximum Gasteiger partial charge on any atom is 0.323 e. The molecular weight excluding hydrogens is 274 g/mol. The summed E-state index contributed by atoms with van der Waals surface area (Å²) in [6, 6.07) is 0. The van der Waals surface area contributed by atoms with Crippen molar-refractivity contribution in [3.8, 4) is 0 Å². The fraction of sp³-hybridized carbons (Fsp3) is 0.643. The molecule has 0 aliphatic carbocycles. The molecule has 0 aliphatic rings. The molecule has 0 aromatic carbocycles. The second kappa shape index (κ2) is 6.54. The van der Waals surface area contributed by atoms with Gasteiger partial charge in [-0.05, 0) is 46.7 Å². The van der Waals surface area contributed by atoms with Gasteiger partial charge in [-0.25, -0.2) is 9.97 Å². The molecular formula is C14H23N3O2S. The van der Waals surface area contributed by atoms with Gasteiger partial charge in [0.25, 0.3) is 0 Å². The van der Waals surface area contributed by atoms with Crippen LogP contribution < -0.4 is 5.32 Å². The Morgan fingerprint density at radius 1 is 1.35 bits per heavy atom. The molecule has 2 unspecified atom stereocenters. The minimum atomic E-state index is -0.929. The van der Waals surface area contributed by atoms with Crippen LogP contribution in [0.25, 0.3) is 0 Å². The maximum absolute atomic E-state index is 11.3. The first-order valence-electron chi connectivity index (χ1n) is 6.60. The van der Waals surface area contributed by atoms with E-state index in [9.17, 15) is 9.90 Å². The molecule has 1 rings (SSSR count). The molecule has 6 heteroatoms. The number of rotatable bonds is 6. The second-order valence-electron chi connectivity index (χ2n) is 5.32. The molecule has 0 radical (unpaired) electrons. The van der Waals surface area contributed by atoms with Crippen molar-refractivity contribution in [1.82, 2.24) is 15.3 Å². The van der Waals surface area contributed by atoms with Crippen molar-refractivity contribution in [1.29, 1.82) is 0 Å². The molecule has 5 nitrogen and oxygen atoms in total. The molecule has 112 valence electrons. The van der Waals surface area contributed by atoms with E-state index in [4.69, 9.17) is 0 Å². The van der Waals surface area contributed by atoms with Crippen molar-refractivity contribution >= 4 is 17.7 Å². The van der Waals surface area contributed by atoms with Crippen LogP contribution in [0.5, 0.6) is 0 Å². The number of hydrogen-bond donors (Lipinski definition) is 2. The van der Waals surface area contributed by atoms with E-state index in [1.165, 1.54) is 11.8 Å². The highest BCUT2D eigenvalue weighted by atomic mass is 32.2. The molecule has 1 aromatic heterocycles. The monoisotopic (exact) mass is 297 g/mol. The lowest BCUT2D eigenvalue weighted by atomic mass is 9.97. The van der Waals surface area contributed by atoms with E-state index in [0.29, 0.717) is 11.6 Å². The summed E-state index contributed by atoms with van der Waals surface area (Å²) in [5.74, 6) is -0.843. The zero-order chi connectivity index (χ0) is 15.5. The highest BCUT2D eigenvalue weighted by Crippen LogP contribution is 2.27. The van der Waals surface area contributed by atoms with Crippen molar-refractivity contribution < 1.29 is 9.90 Å². The molecule has 2 atom stereocenters. The first kappa shape index (κ1) is 16.9. The highest BCUT2D eigenvalue weighted by molar-refractivity contribution is 7.99. The lowest BCUT2D eigenvalue weighted by Gasteiger charge is -2.27. The molecule has 0 saturated heterocycles. The zero-order valence-electron chi connectivity index (χ0n) is 12.9. The third-order valence-electron chi connectivity index (χ3n) is 3.64.